The molecule has 0 bridgehead atoms. The molecule has 1 heterocycles. The SMILES string of the molecule is CCOC(=O)Cc1ncc(-c2ccc(C(=O)N(CC)CC)cc2)[nH]1. The topological polar surface area (TPSA) is 75.3 Å². The first-order valence-corrected chi connectivity index (χ1v) is 8.18. The van der Waals surface area contributed by atoms with Crippen LogP contribution in [0.2, 0.25) is 0 Å². The van der Waals surface area contributed by atoms with E-state index in [1.54, 1.807) is 18.0 Å². The average molecular weight is 329 g/mol. The largest absolute Gasteiger partial charge is 0.466 e. The number of ether oxygens (including phenoxy) is 1. The molecule has 1 N–H and O–H groups in total. The first-order valence-electron chi connectivity index (χ1n) is 8.18. The Kier molecular flexibility index (Phi) is 6.12. The van der Waals surface area contributed by atoms with Crippen LogP contribution in [0.1, 0.15) is 37.0 Å². The van der Waals surface area contributed by atoms with Crippen LogP contribution in [-0.4, -0.2) is 46.4 Å². The summed E-state index contributed by atoms with van der Waals surface area (Å²) in [5.41, 5.74) is 2.37. The van der Waals surface area contributed by atoms with Crippen molar-refractivity contribution in [1.82, 2.24) is 14.9 Å². The van der Waals surface area contributed by atoms with Crippen LogP contribution in [0.15, 0.2) is 30.5 Å². The molecule has 0 aliphatic heterocycles. The van der Waals surface area contributed by atoms with Crippen LogP contribution in [0, 0.1) is 0 Å². The lowest BCUT2D eigenvalue weighted by molar-refractivity contribution is -0.142. The number of rotatable bonds is 7. The highest BCUT2D eigenvalue weighted by molar-refractivity contribution is 5.94. The summed E-state index contributed by atoms with van der Waals surface area (Å²) in [7, 11) is 0. The summed E-state index contributed by atoms with van der Waals surface area (Å²) < 4.78 is 4.91. The Balaban J connectivity index is 2.10. The van der Waals surface area contributed by atoms with E-state index in [1.807, 2.05) is 38.1 Å². The van der Waals surface area contributed by atoms with Crippen LogP contribution < -0.4 is 0 Å². The number of hydrogen-bond acceptors (Lipinski definition) is 4. The van der Waals surface area contributed by atoms with E-state index in [1.165, 1.54) is 0 Å². The van der Waals surface area contributed by atoms with Crippen LogP contribution in [0.5, 0.6) is 0 Å². The number of carbonyl (C=O) groups excluding carboxylic acids is 2. The third kappa shape index (κ3) is 4.22. The van der Waals surface area contributed by atoms with Crippen molar-refractivity contribution >= 4 is 11.9 Å². The highest BCUT2D eigenvalue weighted by atomic mass is 16.5. The number of imidazole rings is 1. The fourth-order valence-corrected chi connectivity index (χ4v) is 2.43. The summed E-state index contributed by atoms with van der Waals surface area (Å²) in [5.74, 6) is 0.282. The van der Waals surface area contributed by atoms with Crippen LogP contribution in [0.3, 0.4) is 0 Å². The first-order chi connectivity index (χ1) is 11.6. The molecule has 6 heteroatoms. The lowest BCUT2D eigenvalue weighted by Crippen LogP contribution is -2.30. The molecule has 0 saturated carbocycles. The normalized spacial score (nSPS) is 10.5. The Morgan fingerprint density at radius 1 is 1.12 bits per heavy atom. The third-order valence-corrected chi connectivity index (χ3v) is 3.74. The predicted molar refractivity (Wildman–Crippen MR) is 91.6 cm³/mol. The smallest absolute Gasteiger partial charge is 0.313 e. The molecule has 1 amide bonds. The average Bonchev–Trinajstić information content (AvgIpc) is 3.04. The number of H-pyrrole nitrogens is 1. The minimum Gasteiger partial charge on any atom is -0.466 e. The van der Waals surface area contributed by atoms with Gasteiger partial charge in [-0.05, 0) is 38.5 Å². The number of carbonyl (C=O) groups is 2. The minimum atomic E-state index is -0.307. The van der Waals surface area contributed by atoms with Crippen molar-refractivity contribution in [3.63, 3.8) is 0 Å². The van der Waals surface area contributed by atoms with Gasteiger partial charge >= 0.3 is 5.97 Å². The number of amides is 1. The second kappa shape index (κ2) is 8.29. The summed E-state index contributed by atoms with van der Waals surface area (Å²) in [5, 5.41) is 0. The highest BCUT2D eigenvalue weighted by Crippen LogP contribution is 2.18. The minimum absolute atomic E-state index is 0.0270. The van der Waals surface area contributed by atoms with Gasteiger partial charge in [-0.3, -0.25) is 9.59 Å². The molecule has 1 aromatic carbocycles. The number of benzene rings is 1. The van der Waals surface area contributed by atoms with Crippen molar-refractivity contribution in [1.29, 1.82) is 0 Å². The fraction of sp³-hybridized carbons (Fsp3) is 0.389. The van der Waals surface area contributed by atoms with Gasteiger partial charge in [0, 0.05) is 18.7 Å². The monoisotopic (exact) mass is 329 g/mol. The Morgan fingerprint density at radius 3 is 2.38 bits per heavy atom. The molecule has 0 spiro atoms. The molecule has 2 rings (SSSR count). The Labute approximate surface area is 141 Å². The van der Waals surface area contributed by atoms with Crippen LogP contribution in [-0.2, 0) is 16.0 Å². The van der Waals surface area contributed by atoms with Crippen molar-refractivity contribution in [2.45, 2.75) is 27.2 Å². The second-order valence-corrected chi connectivity index (χ2v) is 5.28. The van der Waals surface area contributed by atoms with Gasteiger partial charge in [0.15, 0.2) is 0 Å². The van der Waals surface area contributed by atoms with Gasteiger partial charge in [0.25, 0.3) is 5.91 Å². The maximum atomic E-state index is 12.3. The molecule has 2 aromatic rings. The summed E-state index contributed by atoms with van der Waals surface area (Å²) in [6.07, 6.45) is 1.79. The van der Waals surface area contributed by atoms with Gasteiger partial charge in [0.2, 0.25) is 0 Å². The maximum absolute atomic E-state index is 12.3. The predicted octanol–water partition coefficient (Wildman–Crippen LogP) is 2.66. The zero-order valence-electron chi connectivity index (χ0n) is 14.3. The zero-order chi connectivity index (χ0) is 17.5. The highest BCUT2D eigenvalue weighted by Gasteiger charge is 2.13. The molecule has 0 fully saturated rings. The summed E-state index contributed by atoms with van der Waals surface area (Å²) in [4.78, 5) is 32.9. The quantitative estimate of drug-likeness (QED) is 0.793. The molecule has 0 radical (unpaired) electrons. The van der Waals surface area contributed by atoms with Crippen LogP contribution in [0.25, 0.3) is 11.3 Å². The standard InChI is InChI=1S/C18H23N3O3/c1-4-21(5-2)18(23)14-9-7-13(8-10-14)15-12-19-16(20-15)11-17(22)24-6-3/h7-10,12H,4-6,11H2,1-3H3,(H,19,20). The number of nitrogens with zero attached hydrogens (tertiary/aromatic N) is 2. The van der Waals surface area contributed by atoms with Gasteiger partial charge in [-0.15, -0.1) is 0 Å². The van der Waals surface area contributed by atoms with Gasteiger partial charge in [-0.1, -0.05) is 12.1 Å². The van der Waals surface area contributed by atoms with Crippen LogP contribution in [0.4, 0.5) is 0 Å². The molecule has 0 saturated heterocycles. The number of hydrogen-bond donors (Lipinski definition) is 1. The molecule has 0 aliphatic rings. The molecular formula is C18H23N3O3. The van der Waals surface area contributed by atoms with Crippen molar-refractivity contribution in [2.75, 3.05) is 19.7 Å². The molecule has 1 aromatic heterocycles. The molecular weight excluding hydrogens is 306 g/mol. The van der Waals surface area contributed by atoms with Gasteiger partial charge < -0.3 is 14.6 Å². The van der Waals surface area contributed by atoms with E-state index in [2.05, 4.69) is 9.97 Å². The van der Waals surface area contributed by atoms with Crippen molar-refractivity contribution < 1.29 is 14.3 Å². The van der Waals surface area contributed by atoms with E-state index >= 15 is 0 Å². The summed E-state index contributed by atoms with van der Waals surface area (Å²) in [6, 6.07) is 7.36. The van der Waals surface area contributed by atoms with Gasteiger partial charge in [0.05, 0.1) is 18.5 Å². The van der Waals surface area contributed by atoms with Crippen LogP contribution >= 0.6 is 0 Å². The third-order valence-electron chi connectivity index (χ3n) is 3.74. The second-order valence-electron chi connectivity index (χ2n) is 5.28. The van der Waals surface area contributed by atoms with E-state index < -0.39 is 0 Å². The van der Waals surface area contributed by atoms with Gasteiger partial charge in [-0.2, -0.15) is 0 Å². The van der Waals surface area contributed by atoms with E-state index in [0.717, 1.165) is 11.3 Å². The maximum Gasteiger partial charge on any atom is 0.313 e. The first kappa shape index (κ1) is 17.7. The number of aromatic nitrogens is 2. The van der Waals surface area contributed by atoms with Crippen molar-refractivity contribution in [2.24, 2.45) is 0 Å². The van der Waals surface area contributed by atoms with Crippen molar-refractivity contribution in [3.8, 4) is 11.3 Å². The lowest BCUT2D eigenvalue weighted by atomic mass is 10.1. The molecule has 128 valence electrons. The molecule has 6 nitrogen and oxygen atoms in total. The Morgan fingerprint density at radius 2 is 1.79 bits per heavy atom. The van der Waals surface area contributed by atoms with E-state index in [4.69, 9.17) is 4.74 Å². The van der Waals surface area contributed by atoms with Gasteiger partial charge in [-0.25, -0.2) is 4.98 Å². The lowest BCUT2D eigenvalue weighted by Gasteiger charge is -2.18. The summed E-state index contributed by atoms with van der Waals surface area (Å²) in [6.45, 7) is 7.43. The molecule has 0 atom stereocenters. The number of aromatic amines is 1. The number of esters is 1. The van der Waals surface area contributed by atoms with E-state index in [0.29, 0.717) is 31.1 Å². The Bertz CT molecular complexity index is 688. The van der Waals surface area contributed by atoms with Gasteiger partial charge in [0.1, 0.15) is 12.2 Å². The molecule has 0 unspecified atom stereocenters. The molecule has 24 heavy (non-hydrogen) atoms. The summed E-state index contributed by atoms with van der Waals surface area (Å²) >= 11 is 0. The van der Waals surface area contributed by atoms with Crippen molar-refractivity contribution in [3.05, 3.63) is 41.9 Å². The van der Waals surface area contributed by atoms with E-state index in [-0.39, 0.29) is 18.3 Å². The van der Waals surface area contributed by atoms with E-state index in [9.17, 15) is 9.59 Å². The number of nitrogens with one attached hydrogen (secondary N) is 1. The fourth-order valence-electron chi connectivity index (χ4n) is 2.43. The zero-order valence-corrected chi connectivity index (χ0v) is 14.3. The Hall–Kier alpha value is -2.63. The molecule has 0 aliphatic carbocycles.